The van der Waals surface area contributed by atoms with Crippen molar-refractivity contribution in [2.75, 3.05) is 11.9 Å². The molecule has 1 saturated carbocycles. The van der Waals surface area contributed by atoms with Crippen molar-refractivity contribution in [3.63, 3.8) is 0 Å². The van der Waals surface area contributed by atoms with Gasteiger partial charge in [-0.05, 0) is 31.9 Å². The first kappa shape index (κ1) is 13.1. The van der Waals surface area contributed by atoms with Gasteiger partial charge in [0.15, 0.2) is 5.13 Å². The molecular formula is C15H17N3OS. The molecule has 1 heterocycles. The summed E-state index contributed by atoms with van der Waals surface area (Å²) >= 11 is 1.44. The monoisotopic (exact) mass is 287 g/mol. The summed E-state index contributed by atoms with van der Waals surface area (Å²) < 4.78 is 0. The minimum atomic E-state index is 0.00946. The molecule has 4 nitrogen and oxygen atoms in total. The van der Waals surface area contributed by atoms with Crippen LogP contribution in [0.25, 0.3) is 0 Å². The fraction of sp³-hybridized carbons (Fsp3) is 0.333. The first-order valence-electron chi connectivity index (χ1n) is 6.72. The Labute approximate surface area is 122 Å². The van der Waals surface area contributed by atoms with Crippen molar-refractivity contribution in [3.8, 4) is 0 Å². The largest absolute Gasteiger partial charge is 0.349 e. The molecule has 0 bridgehead atoms. The summed E-state index contributed by atoms with van der Waals surface area (Å²) in [5.74, 6) is 0.00946. The van der Waals surface area contributed by atoms with E-state index in [-0.39, 0.29) is 5.91 Å². The molecule has 0 unspecified atom stereocenters. The van der Waals surface area contributed by atoms with E-state index in [9.17, 15) is 4.79 Å². The lowest BCUT2D eigenvalue weighted by Gasteiger charge is -2.15. The maximum absolute atomic E-state index is 12.1. The minimum Gasteiger partial charge on any atom is -0.349 e. The van der Waals surface area contributed by atoms with Gasteiger partial charge in [0.1, 0.15) is 4.88 Å². The number of anilines is 2. The summed E-state index contributed by atoms with van der Waals surface area (Å²) in [6.45, 7) is 1.89. The predicted octanol–water partition coefficient (Wildman–Crippen LogP) is 3.11. The van der Waals surface area contributed by atoms with Crippen LogP contribution in [0.3, 0.4) is 0 Å². The molecule has 1 aromatic heterocycles. The van der Waals surface area contributed by atoms with E-state index >= 15 is 0 Å². The fourth-order valence-electron chi connectivity index (χ4n) is 1.98. The Morgan fingerprint density at radius 1 is 1.35 bits per heavy atom. The third-order valence-electron chi connectivity index (χ3n) is 3.33. The molecule has 1 amide bonds. The summed E-state index contributed by atoms with van der Waals surface area (Å²) in [5.41, 5.74) is 1.86. The number of thiazole rings is 1. The molecule has 0 saturated heterocycles. The van der Waals surface area contributed by atoms with Crippen LogP contribution in [0.4, 0.5) is 10.8 Å². The summed E-state index contributed by atoms with van der Waals surface area (Å²) in [5, 5.41) is 3.86. The van der Waals surface area contributed by atoms with Crippen LogP contribution in [0.1, 0.15) is 28.2 Å². The highest BCUT2D eigenvalue weighted by Gasteiger charge is 2.26. The van der Waals surface area contributed by atoms with Crippen LogP contribution in [-0.4, -0.2) is 24.0 Å². The van der Waals surface area contributed by atoms with Gasteiger partial charge in [-0.1, -0.05) is 29.5 Å². The zero-order chi connectivity index (χ0) is 14.1. The molecule has 1 fully saturated rings. The van der Waals surface area contributed by atoms with Crippen LogP contribution in [0.5, 0.6) is 0 Å². The molecule has 1 aliphatic carbocycles. The van der Waals surface area contributed by atoms with Crippen molar-refractivity contribution in [1.29, 1.82) is 0 Å². The summed E-state index contributed by atoms with van der Waals surface area (Å²) in [6.07, 6.45) is 2.20. The van der Waals surface area contributed by atoms with Crippen LogP contribution in [-0.2, 0) is 0 Å². The first-order valence-corrected chi connectivity index (χ1v) is 7.54. The van der Waals surface area contributed by atoms with E-state index in [1.165, 1.54) is 11.3 Å². The standard InChI is InChI=1S/C15H17N3OS/c1-10-13(14(19)17-11-8-9-11)20-15(16-10)18(2)12-6-4-3-5-7-12/h3-7,11H,8-9H2,1-2H3,(H,17,19). The summed E-state index contributed by atoms with van der Waals surface area (Å²) in [7, 11) is 1.97. The number of hydrogen-bond acceptors (Lipinski definition) is 4. The van der Waals surface area contributed by atoms with Crippen LogP contribution >= 0.6 is 11.3 Å². The lowest BCUT2D eigenvalue weighted by atomic mass is 10.3. The second-order valence-electron chi connectivity index (χ2n) is 5.05. The van der Waals surface area contributed by atoms with Crippen LogP contribution in [0, 0.1) is 6.92 Å². The van der Waals surface area contributed by atoms with Crippen LogP contribution in [0.15, 0.2) is 30.3 Å². The molecule has 2 aromatic rings. The van der Waals surface area contributed by atoms with Gasteiger partial charge in [-0.3, -0.25) is 4.79 Å². The predicted molar refractivity (Wildman–Crippen MR) is 81.8 cm³/mol. The highest BCUT2D eigenvalue weighted by atomic mass is 32.1. The summed E-state index contributed by atoms with van der Waals surface area (Å²) in [4.78, 5) is 19.4. The Hall–Kier alpha value is -1.88. The van der Waals surface area contributed by atoms with E-state index < -0.39 is 0 Å². The lowest BCUT2D eigenvalue weighted by molar-refractivity contribution is 0.0954. The smallest absolute Gasteiger partial charge is 0.263 e. The van der Waals surface area contributed by atoms with E-state index in [0.29, 0.717) is 6.04 Å². The van der Waals surface area contributed by atoms with Crippen molar-refractivity contribution in [1.82, 2.24) is 10.3 Å². The Balaban J connectivity index is 1.82. The van der Waals surface area contributed by atoms with Crippen molar-refractivity contribution < 1.29 is 4.79 Å². The van der Waals surface area contributed by atoms with Gasteiger partial charge in [-0.15, -0.1) is 0 Å². The van der Waals surface area contributed by atoms with E-state index in [1.807, 2.05) is 49.2 Å². The summed E-state index contributed by atoms with van der Waals surface area (Å²) in [6, 6.07) is 10.4. The zero-order valence-corrected chi connectivity index (χ0v) is 12.4. The number of benzene rings is 1. The molecule has 1 aliphatic rings. The number of hydrogen-bond donors (Lipinski definition) is 1. The molecule has 0 radical (unpaired) electrons. The zero-order valence-electron chi connectivity index (χ0n) is 11.6. The van der Waals surface area contributed by atoms with Crippen LogP contribution < -0.4 is 10.2 Å². The Bertz CT molecular complexity index is 619. The van der Waals surface area contributed by atoms with E-state index in [4.69, 9.17) is 0 Å². The molecule has 0 atom stereocenters. The molecule has 20 heavy (non-hydrogen) atoms. The molecule has 0 spiro atoms. The second kappa shape index (κ2) is 5.25. The normalized spacial score (nSPS) is 14.1. The number of amides is 1. The lowest BCUT2D eigenvalue weighted by Crippen LogP contribution is -2.25. The average Bonchev–Trinajstić information content (AvgIpc) is 3.18. The minimum absolute atomic E-state index is 0.00946. The molecular weight excluding hydrogens is 270 g/mol. The van der Waals surface area contributed by atoms with Gasteiger partial charge >= 0.3 is 0 Å². The Morgan fingerprint density at radius 3 is 2.70 bits per heavy atom. The van der Waals surface area contributed by atoms with E-state index in [2.05, 4.69) is 10.3 Å². The van der Waals surface area contributed by atoms with Crippen molar-refractivity contribution in [3.05, 3.63) is 40.9 Å². The average molecular weight is 287 g/mol. The topological polar surface area (TPSA) is 45.2 Å². The van der Waals surface area contributed by atoms with Gasteiger partial charge in [0.2, 0.25) is 0 Å². The SMILES string of the molecule is Cc1nc(N(C)c2ccccc2)sc1C(=O)NC1CC1. The van der Waals surface area contributed by atoms with Gasteiger partial charge in [0.05, 0.1) is 5.69 Å². The van der Waals surface area contributed by atoms with E-state index in [1.54, 1.807) is 0 Å². The molecule has 3 rings (SSSR count). The van der Waals surface area contributed by atoms with E-state index in [0.717, 1.165) is 34.2 Å². The Kier molecular flexibility index (Phi) is 3.44. The van der Waals surface area contributed by atoms with Gasteiger partial charge in [0, 0.05) is 18.8 Å². The highest BCUT2D eigenvalue weighted by Crippen LogP contribution is 2.30. The number of para-hydroxylation sites is 1. The highest BCUT2D eigenvalue weighted by molar-refractivity contribution is 7.17. The number of carbonyl (C=O) groups excluding carboxylic acids is 1. The molecule has 104 valence electrons. The number of aryl methyl sites for hydroxylation is 1. The number of rotatable bonds is 4. The quantitative estimate of drug-likeness (QED) is 0.939. The third kappa shape index (κ3) is 2.67. The number of carbonyl (C=O) groups is 1. The van der Waals surface area contributed by atoms with Crippen molar-refractivity contribution in [2.45, 2.75) is 25.8 Å². The molecule has 1 aromatic carbocycles. The maximum Gasteiger partial charge on any atom is 0.263 e. The molecule has 1 N–H and O–H groups in total. The van der Waals surface area contributed by atoms with Gasteiger partial charge in [-0.2, -0.15) is 0 Å². The number of nitrogens with zero attached hydrogens (tertiary/aromatic N) is 2. The molecule has 0 aliphatic heterocycles. The second-order valence-corrected chi connectivity index (χ2v) is 6.03. The van der Waals surface area contributed by atoms with Gasteiger partial charge < -0.3 is 10.2 Å². The number of aromatic nitrogens is 1. The fourth-order valence-corrected chi connectivity index (χ4v) is 2.93. The molecule has 5 heteroatoms. The van der Waals surface area contributed by atoms with Crippen LogP contribution in [0.2, 0.25) is 0 Å². The van der Waals surface area contributed by atoms with Gasteiger partial charge in [-0.25, -0.2) is 4.98 Å². The third-order valence-corrected chi connectivity index (χ3v) is 4.57. The van der Waals surface area contributed by atoms with Crippen molar-refractivity contribution in [2.24, 2.45) is 0 Å². The Morgan fingerprint density at radius 2 is 2.05 bits per heavy atom. The van der Waals surface area contributed by atoms with Crippen molar-refractivity contribution >= 4 is 28.1 Å². The number of nitrogens with one attached hydrogen (secondary N) is 1. The maximum atomic E-state index is 12.1. The first-order chi connectivity index (χ1) is 9.65. The van der Waals surface area contributed by atoms with Gasteiger partial charge in [0.25, 0.3) is 5.91 Å².